The van der Waals surface area contributed by atoms with Crippen molar-refractivity contribution in [1.29, 1.82) is 0 Å². The van der Waals surface area contributed by atoms with Gasteiger partial charge in [-0.25, -0.2) is 15.0 Å². The maximum atomic E-state index is 4.57. The van der Waals surface area contributed by atoms with E-state index in [2.05, 4.69) is 36.7 Å². The molecule has 7 nitrogen and oxygen atoms in total. The van der Waals surface area contributed by atoms with Gasteiger partial charge in [-0.15, -0.1) is 0 Å². The Balaban J connectivity index is 1.84. The third kappa shape index (κ3) is 2.84. The molecule has 0 saturated heterocycles. The molecule has 0 spiro atoms. The van der Waals surface area contributed by atoms with Crippen LogP contribution in [0.3, 0.4) is 0 Å². The Morgan fingerprint density at radius 2 is 2.14 bits per heavy atom. The van der Waals surface area contributed by atoms with Crippen LogP contribution in [0.15, 0.2) is 10.5 Å². The lowest BCUT2D eigenvalue weighted by Crippen LogP contribution is -2.02. The molecule has 0 radical (unpaired) electrons. The van der Waals surface area contributed by atoms with Gasteiger partial charge in [0.1, 0.15) is 17.5 Å². The van der Waals surface area contributed by atoms with E-state index in [1.54, 1.807) is 22.6 Å². The number of hydrogen-bond acceptors (Lipinski definition) is 8. The van der Waals surface area contributed by atoms with Gasteiger partial charge in [-0.3, -0.25) is 4.68 Å². The summed E-state index contributed by atoms with van der Waals surface area (Å²) in [6.07, 6.45) is 2.63. The summed E-state index contributed by atoms with van der Waals surface area (Å²) in [5.74, 6) is 3.11. The number of rotatable bonds is 5. The summed E-state index contributed by atoms with van der Waals surface area (Å²) in [5, 5.41) is 8.25. The first-order valence-corrected chi connectivity index (χ1v) is 8.29. The first kappa shape index (κ1) is 14.2. The molecule has 3 aromatic rings. The van der Waals surface area contributed by atoms with Crippen molar-refractivity contribution in [2.75, 3.05) is 12.4 Å². The third-order valence-electron chi connectivity index (χ3n) is 2.97. The summed E-state index contributed by atoms with van der Waals surface area (Å²) in [6.45, 7) is 2.05. The van der Waals surface area contributed by atoms with E-state index in [0.29, 0.717) is 5.75 Å². The molecule has 0 aromatic carbocycles. The second-order valence-corrected chi connectivity index (χ2v) is 6.34. The van der Waals surface area contributed by atoms with Gasteiger partial charge in [0, 0.05) is 20.5 Å². The first-order chi connectivity index (χ1) is 10.2. The highest BCUT2D eigenvalue weighted by molar-refractivity contribution is 8.00. The van der Waals surface area contributed by atoms with Crippen LogP contribution in [-0.4, -0.2) is 36.2 Å². The minimum absolute atomic E-state index is 0.661. The molecule has 0 atom stereocenters. The molecule has 0 aliphatic rings. The Bertz CT molecular complexity index is 764. The van der Waals surface area contributed by atoms with Crippen LogP contribution in [0.4, 0.5) is 5.82 Å². The smallest absolute Gasteiger partial charge is 0.170 e. The third-order valence-corrected chi connectivity index (χ3v) is 4.83. The Morgan fingerprint density at radius 1 is 1.29 bits per heavy atom. The lowest BCUT2D eigenvalue weighted by atomic mass is 10.4. The fraction of sp³-hybridized carbons (Fsp3) is 0.417. The number of fused-ring (bicyclic) bond motifs is 1. The highest BCUT2D eigenvalue weighted by Gasteiger charge is 2.11. The molecule has 3 aromatic heterocycles. The van der Waals surface area contributed by atoms with Gasteiger partial charge in [-0.2, -0.15) is 9.47 Å². The van der Waals surface area contributed by atoms with Gasteiger partial charge in [-0.1, -0.05) is 18.7 Å². The molecule has 0 unspecified atom stereocenters. The normalized spacial score (nSPS) is 11.2. The summed E-state index contributed by atoms with van der Waals surface area (Å²) in [5.41, 5.74) is 0.830. The van der Waals surface area contributed by atoms with E-state index in [-0.39, 0.29) is 0 Å². The maximum absolute atomic E-state index is 4.57. The van der Waals surface area contributed by atoms with Gasteiger partial charge >= 0.3 is 0 Å². The number of hydrogen-bond donors (Lipinski definition) is 1. The van der Waals surface area contributed by atoms with Crippen molar-refractivity contribution in [1.82, 2.24) is 29.1 Å². The zero-order chi connectivity index (χ0) is 14.8. The molecule has 1 N–H and O–H groups in total. The zero-order valence-electron chi connectivity index (χ0n) is 12.0. The second-order valence-electron chi connectivity index (χ2n) is 4.36. The van der Waals surface area contributed by atoms with Crippen LogP contribution in [0.5, 0.6) is 0 Å². The molecule has 0 aliphatic heterocycles. The molecule has 3 rings (SSSR count). The van der Waals surface area contributed by atoms with Gasteiger partial charge in [0.05, 0.1) is 17.3 Å². The number of aromatic nitrogens is 6. The molecule has 0 fully saturated rings. The van der Waals surface area contributed by atoms with Crippen LogP contribution in [0.2, 0.25) is 0 Å². The molecular weight excluding hydrogens is 306 g/mol. The number of nitrogens with one attached hydrogen (secondary N) is 1. The van der Waals surface area contributed by atoms with Crippen LogP contribution >= 0.6 is 23.3 Å². The Morgan fingerprint density at radius 3 is 2.86 bits per heavy atom. The molecule has 3 heterocycles. The van der Waals surface area contributed by atoms with E-state index in [9.17, 15) is 0 Å². The first-order valence-electron chi connectivity index (χ1n) is 6.53. The van der Waals surface area contributed by atoms with E-state index < -0.39 is 0 Å². The molecule has 0 amide bonds. The van der Waals surface area contributed by atoms with Crippen LogP contribution in [0, 0.1) is 0 Å². The number of aryl methyl sites for hydroxylation is 2. The van der Waals surface area contributed by atoms with Crippen molar-refractivity contribution >= 4 is 40.1 Å². The SMILES string of the molecule is CCc1nsc(SCc2nc(NC)c3cnn(C)c3n2)n1. The summed E-state index contributed by atoms with van der Waals surface area (Å²) < 4.78 is 6.99. The topological polar surface area (TPSA) is 81.4 Å². The molecule has 0 saturated carbocycles. The van der Waals surface area contributed by atoms with Gasteiger partial charge in [-0.05, 0) is 11.5 Å². The predicted octanol–water partition coefficient (Wildman–Crippen LogP) is 2.11. The second kappa shape index (κ2) is 5.94. The fourth-order valence-corrected chi connectivity index (χ4v) is 3.44. The summed E-state index contributed by atoms with van der Waals surface area (Å²) in [7, 11) is 3.73. The number of thioether (sulfide) groups is 1. The van der Waals surface area contributed by atoms with E-state index in [1.165, 1.54) is 11.5 Å². The molecule has 110 valence electrons. The molecule has 9 heteroatoms. The van der Waals surface area contributed by atoms with Gasteiger partial charge in [0.2, 0.25) is 0 Å². The van der Waals surface area contributed by atoms with Crippen LogP contribution in [0.25, 0.3) is 11.0 Å². The maximum Gasteiger partial charge on any atom is 0.170 e. The van der Waals surface area contributed by atoms with Crippen molar-refractivity contribution in [3.63, 3.8) is 0 Å². The Labute approximate surface area is 130 Å². The highest BCUT2D eigenvalue weighted by atomic mass is 32.2. The average Bonchev–Trinajstić information content (AvgIpc) is 3.11. The van der Waals surface area contributed by atoms with Crippen molar-refractivity contribution in [2.24, 2.45) is 7.05 Å². The number of nitrogens with zero attached hydrogens (tertiary/aromatic N) is 6. The number of anilines is 1. The van der Waals surface area contributed by atoms with Crippen LogP contribution in [0.1, 0.15) is 18.6 Å². The Hall–Kier alpha value is -1.74. The van der Waals surface area contributed by atoms with E-state index in [1.807, 2.05) is 14.1 Å². The lowest BCUT2D eigenvalue weighted by Gasteiger charge is -2.04. The summed E-state index contributed by atoms with van der Waals surface area (Å²) >= 11 is 3.03. The van der Waals surface area contributed by atoms with Crippen LogP contribution < -0.4 is 5.32 Å². The zero-order valence-corrected chi connectivity index (χ0v) is 13.6. The quantitative estimate of drug-likeness (QED) is 0.721. The van der Waals surface area contributed by atoms with E-state index in [4.69, 9.17) is 0 Å². The molecule has 0 bridgehead atoms. The van der Waals surface area contributed by atoms with Crippen molar-refractivity contribution in [3.05, 3.63) is 17.8 Å². The van der Waals surface area contributed by atoms with Crippen LogP contribution in [-0.2, 0) is 19.2 Å². The van der Waals surface area contributed by atoms with Crippen molar-refractivity contribution < 1.29 is 0 Å². The Kier molecular flexibility index (Phi) is 4.02. The summed E-state index contributed by atoms with van der Waals surface area (Å²) in [6, 6.07) is 0. The average molecular weight is 321 g/mol. The van der Waals surface area contributed by atoms with Crippen molar-refractivity contribution in [2.45, 2.75) is 23.4 Å². The minimum atomic E-state index is 0.661. The highest BCUT2D eigenvalue weighted by Crippen LogP contribution is 2.25. The largest absolute Gasteiger partial charge is 0.372 e. The molecule has 21 heavy (non-hydrogen) atoms. The van der Waals surface area contributed by atoms with Crippen molar-refractivity contribution in [3.8, 4) is 0 Å². The minimum Gasteiger partial charge on any atom is -0.372 e. The predicted molar refractivity (Wildman–Crippen MR) is 84.7 cm³/mol. The molecular formula is C12H15N7S2. The van der Waals surface area contributed by atoms with Gasteiger partial charge < -0.3 is 5.32 Å². The monoisotopic (exact) mass is 321 g/mol. The van der Waals surface area contributed by atoms with E-state index >= 15 is 0 Å². The lowest BCUT2D eigenvalue weighted by molar-refractivity contribution is 0.782. The summed E-state index contributed by atoms with van der Waals surface area (Å²) in [4.78, 5) is 13.5. The van der Waals surface area contributed by atoms with Gasteiger partial charge in [0.25, 0.3) is 0 Å². The fourth-order valence-electron chi connectivity index (χ4n) is 1.89. The molecule has 0 aliphatic carbocycles. The van der Waals surface area contributed by atoms with Gasteiger partial charge in [0.15, 0.2) is 9.99 Å². The standard InChI is InChI=1S/C12H15N7S2/c1-4-8-17-12(21-18-8)20-6-9-15-10(13-2)7-5-14-19(3)11(7)16-9/h5H,4,6H2,1-3H3,(H,13,15,16). The van der Waals surface area contributed by atoms with E-state index in [0.717, 1.165) is 39.3 Å².